The zero-order valence-corrected chi connectivity index (χ0v) is 15.1. The molecule has 7 nitrogen and oxygen atoms in total. The van der Waals surface area contributed by atoms with Crippen molar-refractivity contribution in [1.82, 2.24) is 15.4 Å². The Labute approximate surface area is 147 Å². The molecule has 0 radical (unpaired) electrons. The van der Waals surface area contributed by atoms with Crippen LogP contribution in [-0.4, -0.2) is 51.7 Å². The maximum absolute atomic E-state index is 13.2. The van der Waals surface area contributed by atoms with Crippen molar-refractivity contribution in [3.63, 3.8) is 0 Å². The number of likely N-dealkylation sites (tertiary alicyclic amines) is 1. The van der Waals surface area contributed by atoms with Gasteiger partial charge in [-0.05, 0) is 32.1 Å². The van der Waals surface area contributed by atoms with Crippen LogP contribution in [0.3, 0.4) is 0 Å². The van der Waals surface area contributed by atoms with Crippen molar-refractivity contribution >= 4 is 11.8 Å². The van der Waals surface area contributed by atoms with Gasteiger partial charge in [-0.1, -0.05) is 19.0 Å². The van der Waals surface area contributed by atoms with Crippen LogP contribution in [0, 0.1) is 12.8 Å². The van der Waals surface area contributed by atoms with E-state index in [0.29, 0.717) is 11.5 Å². The van der Waals surface area contributed by atoms with E-state index in [2.05, 4.69) is 10.5 Å². The molecule has 2 fully saturated rings. The minimum Gasteiger partial charge on any atom is -0.391 e. The summed E-state index contributed by atoms with van der Waals surface area (Å²) in [5.74, 6) is -0.349. The number of aryl methyl sites for hydroxylation is 1. The van der Waals surface area contributed by atoms with Crippen molar-refractivity contribution in [2.24, 2.45) is 5.92 Å². The Morgan fingerprint density at radius 3 is 2.64 bits per heavy atom. The highest BCUT2D eigenvalue weighted by atomic mass is 16.5. The molecule has 2 heterocycles. The van der Waals surface area contributed by atoms with E-state index in [1.165, 1.54) is 4.90 Å². The summed E-state index contributed by atoms with van der Waals surface area (Å²) < 4.78 is 5.32. The van der Waals surface area contributed by atoms with Crippen LogP contribution in [0.15, 0.2) is 10.6 Å². The summed E-state index contributed by atoms with van der Waals surface area (Å²) in [5, 5.41) is 16.9. The Morgan fingerprint density at radius 1 is 1.40 bits per heavy atom. The molecule has 0 bridgehead atoms. The monoisotopic (exact) mass is 349 g/mol. The van der Waals surface area contributed by atoms with Crippen LogP contribution in [0.2, 0.25) is 0 Å². The molecule has 1 saturated heterocycles. The normalized spacial score (nSPS) is 25.1. The zero-order valence-electron chi connectivity index (χ0n) is 15.1. The van der Waals surface area contributed by atoms with E-state index in [1.54, 1.807) is 6.07 Å². The molecule has 1 aliphatic carbocycles. The van der Waals surface area contributed by atoms with Gasteiger partial charge in [-0.2, -0.15) is 0 Å². The number of aliphatic hydroxyl groups excluding tert-OH is 1. The van der Waals surface area contributed by atoms with Crippen LogP contribution in [-0.2, 0) is 9.59 Å². The molecule has 1 aromatic heterocycles. The van der Waals surface area contributed by atoms with Gasteiger partial charge in [0.1, 0.15) is 17.7 Å². The summed E-state index contributed by atoms with van der Waals surface area (Å²) >= 11 is 0. The molecule has 7 heteroatoms. The van der Waals surface area contributed by atoms with Crippen LogP contribution in [0.25, 0.3) is 0 Å². The highest BCUT2D eigenvalue weighted by Crippen LogP contribution is 2.31. The first-order valence-corrected chi connectivity index (χ1v) is 9.09. The van der Waals surface area contributed by atoms with Crippen LogP contribution in [0.1, 0.15) is 56.9 Å². The number of aliphatic hydroxyl groups is 1. The number of nitrogens with one attached hydrogen (secondary N) is 1. The van der Waals surface area contributed by atoms with Crippen molar-refractivity contribution in [2.45, 2.75) is 70.6 Å². The van der Waals surface area contributed by atoms with Crippen molar-refractivity contribution in [1.29, 1.82) is 0 Å². The molecular weight excluding hydrogens is 322 g/mol. The minimum atomic E-state index is -0.676. The van der Waals surface area contributed by atoms with Gasteiger partial charge in [0.05, 0.1) is 11.8 Å². The number of carbonyl (C=O) groups excluding carboxylic acids is 2. The maximum atomic E-state index is 13.2. The predicted molar refractivity (Wildman–Crippen MR) is 90.7 cm³/mol. The zero-order chi connectivity index (χ0) is 18.1. The van der Waals surface area contributed by atoms with Gasteiger partial charge < -0.3 is 19.8 Å². The molecule has 138 valence electrons. The van der Waals surface area contributed by atoms with Crippen LogP contribution >= 0.6 is 0 Å². The quantitative estimate of drug-likeness (QED) is 0.837. The van der Waals surface area contributed by atoms with E-state index < -0.39 is 18.1 Å². The minimum absolute atomic E-state index is 0.00654. The number of carbonyl (C=O) groups is 2. The summed E-state index contributed by atoms with van der Waals surface area (Å²) in [7, 11) is 0. The Bertz CT molecular complexity index is 638. The summed E-state index contributed by atoms with van der Waals surface area (Å²) in [6.07, 6.45) is 2.71. The number of β-amino-alcohol motifs (C(OH)–C–C–N with tert-alkyl or cyclic N) is 1. The van der Waals surface area contributed by atoms with Gasteiger partial charge in [0.25, 0.3) is 0 Å². The van der Waals surface area contributed by atoms with Crippen molar-refractivity contribution < 1.29 is 19.2 Å². The third-order valence-electron chi connectivity index (χ3n) is 5.20. The fourth-order valence-corrected chi connectivity index (χ4v) is 3.60. The molecule has 1 saturated carbocycles. The van der Waals surface area contributed by atoms with E-state index in [-0.39, 0.29) is 36.7 Å². The lowest BCUT2D eigenvalue weighted by molar-refractivity contribution is -0.141. The molecule has 25 heavy (non-hydrogen) atoms. The largest absolute Gasteiger partial charge is 0.391 e. The molecule has 0 aromatic carbocycles. The van der Waals surface area contributed by atoms with Gasteiger partial charge >= 0.3 is 0 Å². The number of hydrogen-bond acceptors (Lipinski definition) is 5. The molecular formula is C18H27N3O4. The molecule has 1 aliphatic heterocycles. The Kier molecular flexibility index (Phi) is 5.13. The third-order valence-corrected chi connectivity index (χ3v) is 5.20. The second-order valence-electron chi connectivity index (χ2n) is 7.62. The lowest BCUT2D eigenvalue weighted by Gasteiger charge is -2.32. The summed E-state index contributed by atoms with van der Waals surface area (Å²) in [5.41, 5.74) is 0.717. The van der Waals surface area contributed by atoms with E-state index in [0.717, 1.165) is 19.3 Å². The number of aromatic nitrogens is 1. The van der Waals surface area contributed by atoms with Crippen LogP contribution in [0.4, 0.5) is 0 Å². The van der Waals surface area contributed by atoms with E-state index in [4.69, 9.17) is 4.52 Å². The molecule has 2 N–H and O–H groups in total. The average molecular weight is 349 g/mol. The molecule has 3 atom stereocenters. The molecule has 0 unspecified atom stereocenters. The summed E-state index contributed by atoms with van der Waals surface area (Å²) in [6.45, 7) is 5.87. The number of hydrogen-bond donors (Lipinski definition) is 2. The molecule has 3 rings (SSSR count). The Morgan fingerprint density at radius 2 is 2.12 bits per heavy atom. The molecule has 2 aliphatic rings. The van der Waals surface area contributed by atoms with Gasteiger partial charge in [-0.15, -0.1) is 0 Å². The van der Waals surface area contributed by atoms with E-state index >= 15 is 0 Å². The average Bonchev–Trinajstić information content (AvgIpc) is 3.08. The third kappa shape index (κ3) is 3.71. The second-order valence-corrected chi connectivity index (χ2v) is 7.62. The fourth-order valence-electron chi connectivity index (χ4n) is 3.60. The Hall–Kier alpha value is -1.89. The highest BCUT2D eigenvalue weighted by Gasteiger charge is 2.43. The summed E-state index contributed by atoms with van der Waals surface area (Å²) in [6, 6.07) is 1.35. The molecule has 1 aromatic rings. The first-order valence-electron chi connectivity index (χ1n) is 9.09. The molecule has 2 amide bonds. The Balaban J connectivity index is 1.78. The van der Waals surface area contributed by atoms with Gasteiger partial charge in [0.15, 0.2) is 0 Å². The van der Waals surface area contributed by atoms with Crippen molar-refractivity contribution in [2.75, 3.05) is 6.54 Å². The van der Waals surface area contributed by atoms with Crippen molar-refractivity contribution in [3.8, 4) is 0 Å². The van der Waals surface area contributed by atoms with Gasteiger partial charge in [-0.3, -0.25) is 9.59 Å². The number of nitrogens with zero attached hydrogens (tertiary/aromatic N) is 2. The number of amides is 2. The van der Waals surface area contributed by atoms with Gasteiger partial charge in [-0.25, -0.2) is 0 Å². The highest BCUT2D eigenvalue weighted by molar-refractivity contribution is 5.91. The van der Waals surface area contributed by atoms with Gasteiger partial charge in [0, 0.05) is 25.1 Å². The van der Waals surface area contributed by atoms with E-state index in [1.807, 2.05) is 20.8 Å². The standard InChI is InChI=1S/C18H27N3O4/c1-10(2)16(15-7-11(3)20-25-15)18(24)21-9-13(22)8-14(21)17(23)19-12-5-4-6-12/h7,10,12-14,16,22H,4-6,8-9H2,1-3H3,(H,19,23)/t13-,14+,16-/m1/s1. The maximum Gasteiger partial charge on any atom is 0.243 e. The van der Waals surface area contributed by atoms with Crippen LogP contribution in [0.5, 0.6) is 0 Å². The molecule has 0 spiro atoms. The first-order chi connectivity index (χ1) is 11.9. The first kappa shape index (κ1) is 17.9. The predicted octanol–water partition coefficient (Wildman–Crippen LogP) is 1.35. The SMILES string of the molecule is Cc1cc([C@H](C(=O)N2C[C@H](O)C[C@H]2C(=O)NC2CCC2)C(C)C)on1. The topological polar surface area (TPSA) is 95.7 Å². The smallest absolute Gasteiger partial charge is 0.243 e. The number of rotatable bonds is 5. The van der Waals surface area contributed by atoms with E-state index in [9.17, 15) is 14.7 Å². The lowest BCUT2D eigenvalue weighted by Crippen LogP contribution is -2.51. The van der Waals surface area contributed by atoms with Gasteiger partial charge in [0.2, 0.25) is 11.8 Å². The van der Waals surface area contributed by atoms with Crippen LogP contribution < -0.4 is 5.32 Å². The van der Waals surface area contributed by atoms with Crippen molar-refractivity contribution in [3.05, 3.63) is 17.5 Å². The lowest BCUT2D eigenvalue weighted by atomic mass is 9.91. The summed E-state index contributed by atoms with van der Waals surface area (Å²) in [4.78, 5) is 27.3. The second kappa shape index (κ2) is 7.15. The fraction of sp³-hybridized carbons (Fsp3) is 0.722.